The van der Waals surface area contributed by atoms with Crippen molar-refractivity contribution in [3.05, 3.63) is 71.8 Å². The third-order valence-corrected chi connectivity index (χ3v) is 4.64. The first-order valence-electron chi connectivity index (χ1n) is 9.66. The van der Waals surface area contributed by atoms with Gasteiger partial charge in [-0.3, -0.25) is 4.99 Å². The van der Waals surface area contributed by atoms with E-state index in [4.69, 9.17) is 9.15 Å². The van der Waals surface area contributed by atoms with E-state index in [-0.39, 0.29) is 5.75 Å². The Bertz CT molecular complexity index is 1180. The Labute approximate surface area is 169 Å². The zero-order chi connectivity index (χ0) is 20.2. The Morgan fingerprint density at radius 2 is 1.93 bits per heavy atom. The maximum absolute atomic E-state index is 10.3. The number of fused-ring (bicyclic) bond motifs is 1. The van der Waals surface area contributed by atoms with Gasteiger partial charge in [-0.25, -0.2) is 4.98 Å². The third kappa shape index (κ3) is 3.99. The highest BCUT2D eigenvalue weighted by Crippen LogP contribution is 2.30. The molecule has 5 heteroatoms. The predicted molar refractivity (Wildman–Crippen MR) is 115 cm³/mol. The van der Waals surface area contributed by atoms with Gasteiger partial charge in [-0.1, -0.05) is 25.1 Å². The van der Waals surface area contributed by atoms with Crippen LogP contribution < -0.4 is 4.74 Å². The summed E-state index contributed by atoms with van der Waals surface area (Å²) in [6.45, 7) is 4.48. The summed E-state index contributed by atoms with van der Waals surface area (Å²) < 4.78 is 11.3. The number of ether oxygens (including phenoxy) is 1. The van der Waals surface area contributed by atoms with Crippen molar-refractivity contribution in [2.24, 2.45) is 4.99 Å². The molecule has 0 saturated carbocycles. The number of aliphatic imine (C=N–C) groups is 1. The molecule has 1 heterocycles. The lowest BCUT2D eigenvalue weighted by molar-refractivity contribution is 0.318. The van der Waals surface area contributed by atoms with Crippen molar-refractivity contribution < 1.29 is 14.3 Å². The van der Waals surface area contributed by atoms with E-state index >= 15 is 0 Å². The van der Waals surface area contributed by atoms with Crippen molar-refractivity contribution in [3.8, 4) is 23.0 Å². The van der Waals surface area contributed by atoms with Gasteiger partial charge in [0.15, 0.2) is 17.1 Å². The highest BCUT2D eigenvalue weighted by atomic mass is 16.5. The molecule has 0 atom stereocenters. The molecule has 5 nitrogen and oxygen atoms in total. The zero-order valence-electron chi connectivity index (χ0n) is 16.4. The second-order valence-corrected chi connectivity index (χ2v) is 6.61. The molecule has 0 fully saturated rings. The summed E-state index contributed by atoms with van der Waals surface area (Å²) in [5.41, 5.74) is 5.02. The van der Waals surface area contributed by atoms with E-state index in [9.17, 15) is 5.11 Å². The number of hydrogen-bond donors (Lipinski definition) is 1. The van der Waals surface area contributed by atoms with E-state index in [1.165, 1.54) is 5.56 Å². The maximum atomic E-state index is 10.3. The van der Waals surface area contributed by atoms with Crippen LogP contribution in [0.2, 0.25) is 0 Å². The summed E-state index contributed by atoms with van der Waals surface area (Å²) in [7, 11) is 0. The minimum Gasteiger partial charge on any atom is -0.504 e. The lowest BCUT2D eigenvalue weighted by Gasteiger charge is -2.07. The van der Waals surface area contributed by atoms with E-state index in [1.807, 2.05) is 43.3 Å². The Balaban J connectivity index is 1.63. The van der Waals surface area contributed by atoms with Crippen molar-refractivity contribution in [1.82, 2.24) is 4.98 Å². The minimum atomic E-state index is 0.0833. The van der Waals surface area contributed by atoms with Crippen molar-refractivity contribution in [1.29, 1.82) is 0 Å². The Kier molecular flexibility index (Phi) is 5.29. The number of phenols is 1. The van der Waals surface area contributed by atoms with Gasteiger partial charge in [0.1, 0.15) is 5.52 Å². The minimum absolute atomic E-state index is 0.0833. The molecule has 1 aromatic heterocycles. The molecule has 3 aromatic carbocycles. The number of oxazole rings is 1. The largest absolute Gasteiger partial charge is 0.504 e. The molecular formula is C24H22N2O3. The number of hydrogen-bond acceptors (Lipinski definition) is 5. The zero-order valence-corrected chi connectivity index (χ0v) is 16.4. The fourth-order valence-corrected chi connectivity index (χ4v) is 3.10. The molecular weight excluding hydrogens is 364 g/mol. The van der Waals surface area contributed by atoms with Crippen LogP contribution in [0.4, 0.5) is 5.69 Å². The van der Waals surface area contributed by atoms with Gasteiger partial charge in [-0.15, -0.1) is 0 Å². The molecule has 0 bridgehead atoms. The van der Waals surface area contributed by atoms with Gasteiger partial charge < -0.3 is 14.3 Å². The van der Waals surface area contributed by atoms with Crippen LogP contribution in [-0.2, 0) is 6.42 Å². The average Bonchev–Trinajstić information content (AvgIpc) is 3.18. The van der Waals surface area contributed by atoms with Gasteiger partial charge in [0.2, 0.25) is 5.89 Å². The molecule has 4 rings (SSSR count). The molecule has 0 unspecified atom stereocenters. The summed E-state index contributed by atoms with van der Waals surface area (Å²) in [4.78, 5) is 9.12. The van der Waals surface area contributed by atoms with Crippen molar-refractivity contribution >= 4 is 23.0 Å². The fraction of sp³-hybridized carbons (Fsp3) is 0.167. The van der Waals surface area contributed by atoms with Crippen LogP contribution in [0.5, 0.6) is 11.5 Å². The van der Waals surface area contributed by atoms with Gasteiger partial charge in [-0.05, 0) is 61.4 Å². The second kappa shape index (κ2) is 8.19. The third-order valence-electron chi connectivity index (χ3n) is 4.64. The first kappa shape index (κ1) is 18.7. The highest BCUT2D eigenvalue weighted by Gasteiger charge is 2.10. The molecule has 0 aliphatic heterocycles. The van der Waals surface area contributed by atoms with Crippen LogP contribution in [0.25, 0.3) is 22.6 Å². The molecule has 0 saturated heterocycles. The van der Waals surface area contributed by atoms with Gasteiger partial charge in [0.05, 0.1) is 12.3 Å². The summed E-state index contributed by atoms with van der Waals surface area (Å²) in [6.07, 6.45) is 2.58. The standard InChI is InChI=1S/C24H22N2O3/c1-3-16-11-12-21-20(13-16)26-24(29-21)17-7-5-9-19(14-17)25-15-18-8-6-10-22(23(18)27)28-4-2/h5-15,27H,3-4H2,1-2H3. The number of para-hydroxylation sites is 1. The number of rotatable bonds is 6. The average molecular weight is 386 g/mol. The van der Waals surface area contributed by atoms with Crippen molar-refractivity contribution in [2.75, 3.05) is 6.61 Å². The van der Waals surface area contributed by atoms with Crippen LogP contribution >= 0.6 is 0 Å². The molecule has 0 radical (unpaired) electrons. The van der Waals surface area contributed by atoms with Crippen LogP contribution in [0.15, 0.2) is 70.1 Å². The van der Waals surface area contributed by atoms with E-state index in [1.54, 1.807) is 18.3 Å². The van der Waals surface area contributed by atoms with Crippen LogP contribution in [-0.4, -0.2) is 22.9 Å². The normalized spacial score (nSPS) is 11.4. The van der Waals surface area contributed by atoms with Gasteiger partial charge in [0, 0.05) is 17.3 Å². The van der Waals surface area contributed by atoms with Gasteiger partial charge in [-0.2, -0.15) is 0 Å². The van der Waals surface area contributed by atoms with Crippen LogP contribution in [0, 0.1) is 0 Å². The summed E-state index contributed by atoms with van der Waals surface area (Å²) >= 11 is 0. The topological polar surface area (TPSA) is 67.9 Å². The number of aryl methyl sites for hydroxylation is 1. The number of nitrogens with zero attached hydrogens (tertiary/aromatic N) is 2. The first-order valence-corrected chi connectivity index (χ1v) is 9.66. The van der Waals surface area contributed by atoms with E-state index in [0.717, 1.165) is 28.8 Å². The van der Waals surface area contributed by atoms with Crippen molar-refractivity contribution in [2.45, 2.75) is 20.3 Å². The number of phenolic OH excluding ortho intramolecular Hbond substituents is 1. The van der Waals surface area contributed by atoms with E-state index in [0.29, 0.717) is 23.8 Å². The Hall–Kier alpha value is -3.60. The Morgan fingerprint density at radius 1 is 1.07 bits per heavy atom. The maximum Gasteiger partial charge on any atom is 0.227 e. The molecule has 0 amide bonds. The summed E-state index contributed by atoms with van der Waals surface area (Å²) in [5.74, 6) is 1.09. The highest BCUT2D eigenvalue weighted by molar-refractivity contribution is 5.87. The smallest absolute Gasteiger partial charge is 0.227 e. The molecule has 0 aliphatic rings. The Morgan fingerprint density at radius 3 is 2.76 bits per heavy atom. The number of aromatic nitrogens is 1. The molecule has 1 N–H and O–H groups in total. The van der Waals surface area contributed by atoms with E-state index < -0.39 is 0 Å². The summed E-state index contributed by atoms with van der Waals surface area (Å²) in [5, 5.41) is 10.3. The van der Waals surface area contributed by atoms with Crippen LogP contribution in [0.1, 0.15) is 25.0 Å². The number of aromatic hydroxyl groups is 1. The summed E-state index contributed by atoms with van der Waals surface area (Å²) in [6, 6.07) is 19.1. The SMILES string of the molecule is CCOc1cccc(C=Nc2cccc(-c3nc4cc(CC)ccc4o3)c2)c1O. The fourth-order valence-electron chi connectivity index (χ4n) is 3.10. The lowest BCUT2D eigenvalue weighted by atomic mass is 10.1. The van der Waals surface area contributed by atoms with Crippen molar-refractivity contribution in [3.63, 3.8) is 0 Å². The van der Waals surface area contributed by atoms with E-state index in [2.05, 4.69) is 29.0 Å². The molecule has 146 valence electrons. The molecule has 29 heavy (non-hydrogen) atoms. The predicted octanol–water partition coefficient (Wildman–Crippen LogP) is 5.91. The molecule has 0 spiro atoms. The van der Waals surface area contributed by atoms with Gasteiger partial charge >= 0.3 is 0 Å². The molecule has 0 aliphatic carbocycles. The molecule has 4 aromatic rings. The lowest BCUT2D eigenvalue weighted by Crippen LogP contribution is -1.93. The van der Waals surface area contributed by atoms with Crippen LogP contribution in [0.3, 0.4) is 0 Å². The quantitative estimate of drug-likeness (QED) is 0.418. The number of benzene rings is 3. The monoisotopic (exact) mass is 386 g/mol. The van der Waals surface area contributed by atoms with Gasteiger partial charge in [0.25, 0.3) is 0 Å². The second-order valence-electron chi connectivity index (χ2n) is 6.61. The first-order chi connectivity index (χ1) is 14.2.